The average Bonchev–Trinajstić information content (AvgIpc) is 3.06. The van der Waals surface area contributed by atoms with E-state index in [0.717, 1.165) is 16.9 Å². The summed E-state index contributed by atoms with van der Waals surface area (Å²) in [6, 6.07) is 11.7. The van der Waals surface area contributed by atoms with Crippen LogP contribution in [0.25, 0.3) is 0 Å². The zero-order valence-electron chi connectivity index (χ0n) is 16.5. The van der Waals surface area contributed by atoms with Gasteiger partial charge in [0.1, 0.15) is 17.2 Å². The molecule has 0 saturated heterocycles. The molecule has 142 valence electrons. The Kier molecular flexibility index (Phi) is 6.64. The lowest BCUT2D eigenvalue weighted by Crippen LogP contribution is -2.28. The summed E-state index contributed by atoms with van der Waals surface area (Å²) >= 11 is 0. The van der Waals surface area contributed by atoms with Gasteiger partial charge < -0.3 is 14.2 Å². The molecule has 1 aromatic heterocycles. The second-order valence-electron chi connectivity index (χ2n) is 6.30. The molecule has 0 aliphatic rings. The first-order chi connectivity index (χ1) is 12.3. The van der Waals surface area contributed by atoms with Crippen LogP contribution in [0.4, 0.5) is 5.69 Å². The number of benzene rings is 1. The summed E-state index contributed by atoms with van der Waals surface area (Å²) in [5, 5.41) is 5.96. The predicted octanol–water partition coefficient (Wildman–Crippen LogP) is 3.30. The molecule has 8 heteroatoms. The molecule has 0 fully saturated rings. The molecule has 0 radical (unpaired) electrons. The van der Waals surface area contributed by atoms with Gasteiger partial charge in [0.2, 0.25) is 0 Å². The Bertz CT molecular complexity index is 799. The highest BCUT2D eigenvalue weighted by Gasteiger charge is 2.32. The molecule has 0 bridgehead atoms. The largest absolute Gasteiger partial charge is 0.494 e. The maximum Gasteiger partial charge on any atom is 0.172 e. The molecule has 0 aliphatic heterocycles. The predicted molar refractivity (Wildman–Crippen MR) is 109 cm³/mol. The number of ether oxygens (including phenoxy) is 1. The second-order valence-corrected chi connectivity index (χ2v) is 9.68. The van der Waals surface area contributed by atoms with E-state index in [-0.39, 0.29) is 0 Å². The lowest BCUT2D eigenvalue weighted by atomic mass is 10.3. The first-order valence-corrected chi connectivity index (χ1v) is 9.88. The maximum absolute atomic E-state index is 6.12. The van der Waals surface area contributed by atoms with Crippen LogP contribution in [0.2, 0.25) is 0 Å². The van der Waals surface area contributed by atoms with Crippen LogP contribution in [0.15, 0.2) is 50.7 Å². The van der Waals surface area contributed by atoms with Crippen molar-refractivity contribution in [2.75, 3.05) is 49.4 Å². The Hall–Kier alpha value is -2.08. The van der Waals surface area contributed by atoms with Gasteiger partial charge in [-0.1, -0.05) is 12.1 Å². The summed E-state index contributed by atoms with van der Waals surface area (Å²) in [6.45, 7) is 0. The molecule has 0 unspecified atom stereocenters. The molecule has 7 nitrogen and oxygen atoms in total. The first-order valence-electron chi connectivity index (χ1n) is 8.24. The Labute approximate surface area is 156 Å². The van der Waals surface area contributed by atoms with Crippen molar-refractivity contribution < 1.29 is 9.15 Å². The Morgan fingerprint density at radius 1 is 0.962 bits per heavy atom. The van der Waals surface area contributed by atoms with Gasteiger partial charge in [-0.2, -0.15) is 5.10 Å². The third-order valence-corrected chi connectivity index (χ3v) is 7.33. The van der Waals surface area contributed by atoms with E-state index in [4.69, 9.17) is 13.9 Å². The fourth-order valence-corrected chi connectivity index (χ4v) is 5.52. The number of furan rings is 1. The monoisotopic (exact) mass is 377 g/mol. The van der Waals surface area contributed by atoms with Gasteiger partial charge in [0, 0.05) is 14.1 Å². The SMILES string of the molecule is COc1ccccc1N=P(c1ccc(/C=N/N(C)C)o1)(N(C)C)N(C)C. The van der Waals surface area contributed by atoms with Crippen LogP contribution in [0, 0.1) is 0 Å². The molecule has 0 atom stereocenters. The molecule has 2 aromatic rings. The molecule has 0 N–H and O–H groups in total. The van der Waals surface area contributed by atoms with E-state index in [9.17, 15) is 0 Å². The maximum atomic E-state index is 6.12. The van der Waals surface area contributed by atoms with Crippen molar-refractivity contribution >= 4 is 24.8 Å². The summed E-state index contributed by atoms with van der Waals surface area (Å²) in [5.74, 6) is 1.43. The number of hydrogen-bond acceptors (Lipinski definition) is 5. The normalized spacial score (nSPS) is 12.2. The van der Waals surface area contributed by atoms with Gasteiger partial charge in [-0.3, -0.25) is 9.34 Å². The van der Waals surface area contributed by atoms with E-state index in [1.54, 1.807) is 18.3 Å². The quantitative estimate of drug-likeness (QED) is 0.421. The highest BCUT2D eigenvalue weighted by atomic mass is 31.2. The van der Waals surface area contributed by atoms with E-state index >= 15 is 0 Å². The van der Waals surface area contributed by atoms with Gasteiger partial charge in [-0.25, -0.2) is 4.74 Å². The summed E-state index contributed by atoms with van der Waals surface area (Å²) < 4.78 is 21.0. The Morgan fingerprint density at radius 2 is 1.62 bits per heavy atom. The second kappa shape index (κ2) is 8.54. The van der Waals surface area contributed by atoms with Crippen LogP contribution in [0.1, 0.15) is 5.76 Å². The van der Waals surface area contributed by atoms with Crippen molar-refractivity contribution in [3.63, 3.8) is 0 Å². The summed E-state index contributed by atoms with van der Waals surface area (Å²) in [4.78, 5) is 0. The minimum atomic E-state index is -2.31. The smallest absolute Gasteiger partial charge is 0.172 e. The zero-order chi connectivity index (χ0) is 19.3. The van der Waals surface area contributed by atoms with Crippen LogP contribution < -0.4 is 10.2 Å². The minimum absolute atomic E-state index is 0.692. The topological polar surface area (TPSA) is 56.8 Å². The van der Waals surface area contributed by atoms with Crippen LogP contribution in [-0.2, 0) is 0 Å². The van der Waals surface area contributed by atoms with E-state index in [0.29, 0.717) is 5.76 Å². The summed E-state index contributed by atoms with van der Waals surface area (Å²) in [5.41, 5.74) is 1.60. The Balaban J connectivity index is 2.65. The van der Waals surface area contributed by atoms with E-state index in [2.05, 4.69) is 14.4 Å². The van der Waals surface area contributed by atoms with Crippen molar-refractivity contribution in [1.82, 2.24) is 14.3 Å². The molecular weight excluding hydrogens is 349 g/mol. The molecule has 0 amide bonds. The van der Waals surface area contributed by atoms with Crippen LogP contribution in [0.3, 0.4) is 0 Å². The van der Waals surface area contributed by atoms with E-state index in [1.165, 1.54) is 0 Å². The van der Waals surface area contributed by atoms with Crippen molar-refractivity contribution in [1.29, 1.82) is 0 Å². The summed E-state index contributed by atoms with van der Waals surface area (Å²) in [7, 11) is 11.1. The highest BCUT2D eigenvalue weighted by Crippen LogP contribution is 2.55. The fraction of sp³-hybridized carbons (Fsp3) is 0.389. The molecule has 0 spiro atoms. The number of methoxy groups -OCH3 is 1. The average molecular weight is 377 g/mol. The minimum Gasteiger partial charge on any atom is -0.494 e. The molecule has 1 aromatic carbocycles. The first kappa shape index (κ1) is 20.2. The Morgan fingerprint density at radius 3 is 2.19 bits per heavy atom. The number of hydrogen-bond donors (Lipinski definition) is 0. The number of rotatable bonds is 7. The van der Waals surface area contributed by atoms with Crippen molar-refractivity contribution in [2.24, 2.45) is 9.85 Å². The number of nitrogens with zero attached hydrogens (tertiary/aromatic N) is 5. The lowest BCUT2D eigenvalue weighted by molar-refractivity contribution is 0.416. The third kappa shape index (κ3) is 4.18. The molecule has 0 aliphatic carbocycles. The van der Waals surface area contributed by atoms with Gasteiger partial charge in [0.15, 0.2) is 12.9 Å². The van der Waals surface area contributed by atoms with Gasteiger partial charge >= 0.3 is 0 Å². The van der Waals surface area contributed by atoms with Crippen LogP contribution in [-0.4, -0.2) is 70.0 Å². The van der Waals surface area contributed by atoms with Crippen LogP contribution >= 0.6 is 7.36 Å². The van der Waals surface area contributed by atoms with Gasteiger partial charge in [0.05, 0.1) is 13.3 Å². The van der Waals surface area contributed by atoms with Crippen molar-refractivity contribution in [3.05, 3.63) is 42.2 Å². The fourth-order valence-electron chi connectivity index (χ4n) is 2.59. The third-order valence-electron chi connectivity index (χ3n) is 3.77. The van der Waals surface area contributed by atoms with Gasteiger partial charge in [-0.05, 0) is 52.5 Å². The van der Waals surface area contributed by atoms with Crippen molar-refractivity contribution in [2.45, 2.75) is 0 Å². The highest BCUT2D eigenvalue weighted by molar-refractivity contribution is 7.69. The lowest BCUT2D eigenvalue weighted by Gasteiger charge is -2.34. The number of hydrazone groups is 1. The molecule has 26 heavy (non-hydrogen) atoms. The van der Waals surface area contributed by atoms with Crippen molar-refractivity contribution in [3.8, 4) is 5.75 Å². The molecule has 0 saturated carbocycles. The number of para-hydroxylation sites is 1. The molecule has 1 heterocycles. The zero-order valence-corrected chi connectivity index (χ0v) is 17.4. The molecular formula is C18H28N5O2P. The van der Waals surface area contributed by atoms with E-state index in [1.807, 2.05) is 78.7 Å². The molecule has 2 rings (SSSR count). The standard InChI is InChI=1S/C18H28N5O2P/c1-21(2)19-14-15-12-13-18(25-15)26(22(3)4,23(5)6)20-16-10-8-9-11-17(16)24-7/h8-14H,1-7H3/b19-14+. The van der Waals surface area contributed by atoms with Gasteiger partial charge in [-0.15, -0.1) is 0 Å². The van der Waals surface area contributed by atoms with E-state index < -0.39 is 7.36 Å². The summed E-state index contributed by atoms with van der Waals surface area (Å²) in [6.07, 6.45) is 1.70. The van der Waals surface area contributed by atoms with Gasteiger partial charge in [0.25, 0.3) is 0 Å². The van der Waals surface area contributed by atoms with Crippen LogP contribution in [0.5, 0.6) is 5.75 Å².